The van der Waals surface area contributed by atoms with E-state index in [1.54, 1.807) is 24.5 Å². The lowest BCUT2D eigenvalue weighted by Crippen LogP contribution is -2.24. The minimum atomic E-state index is -3.85. The SMILES string of the molecule is O=S(=O)(NCc1cccnc1)c1cc(Cl)cc(CO)c1Cl. The van der Waals surface area contributed by atoms with Gasteiger partial charge in [-0.3, -0.25) is 4.98 Å². The lowest BCUT2D eigenvalue weighted by Gasteiger charge is -2.11. The fourth-order valence-corrected chi connectivity index (χ4v) is 3.63. The summed E-state index contributed by atoms with van der Waals surface area (Å²) in [5.41, 5.74) is 0.965. The molecule has 0 spiro atoms. The van der Waals surface area contributed by atoms with E-state index in [0.29, 0.717) is 5.56 Å². The van der Waals surface area contributed by atoms with Gasteiger partial charge in [0.05, 0.1) is 11.6 Å². The van der Waals surface area contributed by atoms with Gasteiger partial charge in [-0.05, 0) is 29.3 Å². The number of rotatable bonds is 5. The molecule has 2 rings (SSSR count). The van der Waals surface area contributed by atoms with E-state index in [1.165, 1.54) is 12.1 Å². The third kappa shape index (κ3) is 3.93. The number of halogens is 2. The first-order valence-corrected chi connectivity index (χ1v) is 8.15. The number of nitrogens with zero attached hydrogens (tertiary/aromatic N) is 1. The molecule has 112 valence electrons. The Hall–Kier alpha value is -1.18. The molecule has 2 aromatic rings. The summed E-state index contributed by atoms with van der Waals surface area (Å²) in [6.07, 6.45) is 3.15. The first kappa shape index (κ1) is 16.2. The van der Waals surface area contributed by atoms with Crippen LogP contribution < -0.4 is 4.72 Å². The van der Waals surface area contributed by atoms with E-state index in [4.69, 9.17) is 23.2 Å². The number of sulfonamides is 1. The summed E-state index contributed by atoms with van der Waals surface area (Å²) < 4.78 is 27.0. The molecule has 0 radical (unpaired) electrons. The van der Waals surface area contributed by atoms with E-state index in [-0.39, 0.29) is 27.0 Å². The zero-order chi connectivity index (χ0) is 15.5. The fourth-order valence-electron chi connectivity index (χ4n) is 1.69. The molecule has 2 N–H and O–H groups in total. The molecule has 1 aromatic heterocycles. The van der Waals surface area contributed by atoms with Crippen LogP contribution in [0.4, 0.5) is 0 Å². The van der Waals surface area contributed by atoms with Gasteiger partial charge in [-0.15, -0.1) is 0 Å². The van der Waals surface area contributed by atoms with E-state index in [0.717, 1.165) is 0 Å². The van der Waals surface area contributed by atoms with Crippen LogP contribution >= 0.6 is 23.2 Å². The second kappa shape index (κ2) is 6.72. The van der Waals surface area contributed by atoms with Crippen molar-refractivity contribution in [1.29, 1.82) is 0 Å². The van der Waals surface area contributed by atoms with Crippen LogP contribution in [-0.4, -0.2) is 18.5 Å². The number of hydrogen-bond donors (Lipinski definition) is 2. The highest BCUT2D eigenvalue weighted by molar-refractivity contribution is 7.89. The Bertz CT molecular complexity index is 737. The van der Waals surface area contributed by atoms with Crippen molar-refractivity contribution < 1.29 is 13.5 Å². The molecular weight excluding hydrogens is 335 g/mol. The van der Waals surface area contributed by atoms with Crippen molar-refractivity contribution in [3.63, 3.8) is 0 Å². The van der Waals surface area contributed by atoms with Gasteiger partial charge in [-0.25, -0.2) is 13.1 Å². The molecule has 0 bridgehead atoms. The molecule has 0 saturated carbocycles. The molecule has 0 fully saturated rings. The molecule has 0 aliphatic carbocycles. The van der Waals surface area contributed by atoms with Crippen LogP contribution in [-0.2, 0) is 23.2 Å². The minimum absolute atomic E-state index is 0.0411. The van der Waals surface area contributed by atoms with Crippen LogP contribution in [0.25, 0.3) is 0 Å². The van der Waals surface area contributed by atoms with Crippen molar-refractivity contribution in [2.45, 2.75) is 18.0 Å². The summed E-state index contributed by atoms with van der Waals surface area (Å²) in [5, 5.41) is 9.32. The molecule has 5 nitrogen and oxygen atoms in total. The molecule has 0 saturated heterocycles. The Balaban J connectivity index is 2.30. The maximum atomic E-state index is 12.3. The standard InChI is InChI=1S/C13H12Cl2N2O3S/c14-11-4-10(8-18)13(15)12(5-11)21(19,20)17-7-9-2-1-3-16-6-9/h1-6,17-18H,7-8H2. The number of aromatic nitrogens is 1. The van der Waals surface area contributed by atoms with Gasteiger partial charge in [0, 0.05) is 24.0 Å². The maximum absolute atomic E-state index is 12.3. The molecule has 1 heterocycles. The largest absolute Gasteiger partial charge is 0.392 e. The van der Waals surface area contributed by atoms with Crippen molar-refractivity contribution in [2.75, 3.05) is 0 Å². The molecular formula is C13H12Cl2N2O3S. The predicted octanol–water partition coefficient (Wildman–Crippen LogP) is 2.36. The molecule has 0 unspecified atom stereocenters. The zero-order valence-corrected chi connectivity index (χ0v) is 13.1. The predicted molar refractivity (Wildman–Crippen MR) is 80.6 cm³/mol. The van der Waals surface area contributed by atoms with Crippen molar-refractivity contribution in [1.82, 2.24) is 9.71 Å². The van der Waals surface area contributed by atoms with Gasteiger partial charge in [0.2, 0.25) is 10.0 Å². The second-order valence-electron chi connectivity index (χ2n) is 4.22. The van der Waals surface area contributed by atoms with Crippen LogP contribution in [0.2, 0.25) is 10.0 Å². The molecule has 0 atom stereocenters. The highest BCUT2D eigenvalue weighted by Gasteiger charge is 2.20. The van der Waals surface area contributed by atoms with Crippen molar-refractivity contribution in [3.8, 4) is 0 Å². The summed E-state index contributed by atoms with van der Waals surface area (Å²) in [7, 11) is -3.85. The number of nitrogens with one attached hydrogen (secondary N) is 1. The van der Waals surface area contributed by atoms with E-state index < -0.39 is 16.6 Å². The second-order valence-corrected chi connectivity index (χ2v) is 6.77. The van der Waals surface area contributed by atoms with Gasteiger partial charge < -0.3 is 5.11 Å². The molecule has 0 aliphatic heterocycles. The monoisotopic (exact) mass is 346 g/mol. The summed E-state index contributed by atoms with van der Waals surface area (Å²) in [6, 6.07) is 6.12. The van der Waals surface area contributed by atoms with E-state index in [9.17, 15) is 13.5 Å². The molecule has 0 aliphatic rings. The van der Waals surface area contributed by atoms with Gasteiger partial charge in [0.15, 0.2) is 0 Å². The van der Waals surface area contributed by atoms with Crippen LogP contribution in [0.5, 0.6) is 0 Å². The van der Waals surface area contributed by atoms with E-state index >= 15 is 0 Å². The number of aliphatic hydroxyl groups is 1. The van der Waals surface area contributed by atoms with Crippen LogP contribution in [0.3, 0.4) is 0 Å². The van der Waals surface area contributed by atoms with Crippen molar-refractivity contribution >= 4 is 33.2 Å². The first-order chi connectivity index (χ1) is 9.94. The third-order valence-corrected chi connectivity index (χ3v) is 4.93. The van der Waals surface area contributed by atoms with Gasteiger partial charge in [0.25, 0.3) is 0 Å². The molecule has 1 aromatic carbocycles. The average molecular weight is 347 g/mol. The van der Waals surface area contributed by atoms with Gasteiger partial charge in [0.1, 0.15) is 4.90 Å². The summed E-state index contributed by atoms with van der Waals surface area (Å²) in [5.74, 6) is 0. The minimum Gasteiger partial charge on any atom is -0.392 e. The molecule has 0 amide bonds. The summed E-state index contributed by atoms with van der Waals surface area (Å²) >= 11 is 11.8. The number of benzene rings is 1. The van der Waals surface area contributed by atoms with Gasteiger partial charge >= 0.3 is 0 Å². The number of hydrogen-bond acceptors (Lipinski definition) is 4. The maximum Gasteiger partial charge on any atom is 0.242 e. The average Bonchev–Trinajstić information content (AvgIpc) is 2.48. The van der Waals surface area contributed by atoms with Crippen LogP contribution in [0, 0.1) is 0 Å². The molecule has 21 heavy (non-hydrogen) atoms. The Kier molecular flexibility index (Phi) is 5.18. The van der Waals surface area contributed by atoms with Gasteiger partial charge in [-0.1, -0.05) is 29.3 Å². The van der Waals surface area contributed by atoms with Crippen molar-refractivity contribution in [3.05, 3.63) is 57.8 Å². The highest BCUT2D eigenvalue weighted by Crippen LogP contribution is 2.29. The zero-order valence-electron chi connectivity index (χ0n) is 10.8. The van der Waals surface area contributed by atoms with Crippen molar-refractivity contribution in [2.24, 2.45) is 0 Å². The van der Waals surface area contributed by atoms with E-state index in [2.05, 4.69) is 9.71 Å². The van der Waals surface area contributed by atoms with E-state index in [1.807, 2.05) is 0 Å². The Labute approximate surface area is 132 Å². The summed E-state index contributed by atoms with van der Waals surface area (Å²) in [6.45, 7) is -0.321. The highest BCUT2D eigenvalue weighted by atomic mass is 35.5. The number of aliphatic hydroxyl groups excluding tert-OH is 1. The fraction of sp³-hybridized carbons (Fsp3) is 0.154. The van der Waals surface area contributed by atoms with Crippen LogP contribution in [0.15, 0.2) is 41.6 Å². The normalized spacial score (nSPS) is 11.6. The molecule has 8 heteroatoms. The third-order valence-electron chi connectivity index (χ3n) is 2.73. The lowest BCUT2D eigenvalue weighted by molar-refractivity contribution is 0.281. The Morgan fingerprint density at radius 2 is 2.05 bits per heavy atom. The lowest BCUT2D eigenvalue weighted by atomic mass is 10.2. The van der Waals surface area contributed by atoms with Crippen LogP contribution in [0.1, 0.15) is 11.1 Å². The smallest absolute Gasteiger partial charge is 0.242 e. The first-order valence-electron chi connectivity index (χ1n) is 5.91. The Morgan fingerprint density at radius 1 is 1.29 bits per heavy atom. The topological polar surface area (TPSA) is 79.3 Å². The Morgan fingerprint density at radius 3 is 2.67 bits per heavy atom. The number of pyridine rings is 1. The summed E-state index contributed by atoms with van der Waals surface area (Å²) in [4.78, 5) is 3.74. The quantitative estimate of drug-likeness (QED) is 0.870. The van der Waals surface area contributed by atoms with Gasteiger partial charge in [-0.2, -0.15) is 0 Å².